The Morgan fingerprint density at radius 2 is 2.00 bits per heavy atom. The molecular weight excluding hydrogens is 344 g/mol. The Morgan fingerprint density at radius 1 is 1.24 bits per heavy atom. The monoisotopic (exact) mass is 364 g/mol. The highest BCUT2D eigenvalue weighted by molar-refractivity contribution is 7.11. The van der Waals surface area contributed by atoms with Gasteiger partial charge in [-0.05, 0) is 39.0 Å². The predicted molar refractivity (Wildman–Crippen MR) is 93.5 cm³/mol. The van der Waals surface area contributed by atoms with E-state index in [2.05, 4.69) is 10.3 Å². The van der Waals surface area contributed by atoms with E-state index in [0.29, 0.717) is 24.5 Å². The number of aromatic nitrogens is 1. The maximum Gasteiger partial charge on any atom is 0.341 e. The van der Waals surface area contributed by atoms with Crippen molar-refractivity contribution in [1.82, 2.24) is 10.3 Å². The molecule has 1 aromatic carbocycles. The molecule has 0 fully saturated rings. The summed E-state index contributed by atoms with van der Waals surface area (Å²) in [6.07, 6.45) is 0. The average molecular weight is 364 g/mol. The van der Waals surface area contributed by atoms with Gasteiger partial charge in [0, 0.05) is 10.4 Å². The molecule has 2 rings (SSSR count). The Hall–Kier alpha value is -2.61. The van der Waals surface area contributed by atoms with Gasteiger partial charge in [-0.15, -0.1) is 11.3 Å². The van der Waals surface area contributed by atoms with Gasteiger partial charge in [0.1, 0.15) is 5.01 Å². The van der Waals surface area contributed by atoms with Crippen LogP contribution in [0.4, 0.5) is 0 Å². The minimum absolute atomic E-state index is 0.267. The van der Waals surface area contributed by atoms with E-state index >= 15 is 0 Å². The first-order valence-electron chi connectivity index (χ1n) is 7.73. The summed E-state index contributed by atoms with van der Waals surface area (Å²) in [6, 6.07) is 4.63. The molecule has 0 atom stereocenters. The zero-order valence-electron chi connectivity index (χ0n) is 14.3. The molecule has 1 heterocycles. The molecular formula is C17H20N2O5S. The molecule has 1 aromatic heterocycles. The third-order valence-electron chi connectivity index (χ3n) is 3.33. The predicted octanol–water partition coefficient (Wildman–Crippen LogP) is 2.55. The largest absolute Gasteiger partial charge is 0.490 e. The van der Waals surface area contributed by atoms with E-state index in [9.17, 15) is 9.59 Å². The molecule has 25 heavy (non-hydrogen) atoms. The van der Waals surface area contributed by atoms with Gasteiger partial charge in [0.15, 0.2) is 18.1 Å². The van der Waals surface area contributed by atoms with Gasteiger partial charge < -0.3 is 19.9 Å². The number of benzene rings is 1. The van der Waals surface area contributed by atoms with Crippen molar-refractivity contribution >= 4 is 23.2 Å². The van der Waals surface area contributed by atoms with Crippen LogP contribution in [0.15, 0.2) is 18.2 Å². The number of hydrogen-bond donors (Lipinski definition) is 2. The fourth-order valence-corrected chi connectivity index (χ4v) is 2.92. The molecule has 7 nitrogen and oxygen atoms in total. The van der Waals surface area contributed by atoms with Crippen molar-refractivity contribution in [3.8, 4) is 11.5 Å². The van der Waals surface area contributed by atoms with E-state index in [1.165, 1.54) is 12.1 Å². The summed E-state index contributed by atoms with van der Waals surface area (Å²) >= 11 is 1.55. The van der Waals surface area contributed by atoms with Gasteiger partial charge in [0.2, 0.25) is 0 Å². The average Bonchev–Trinajstić information content (AvgIpc) is 2.89. The third kappa shape index (κ3) is 5.18. The lowest BCUT2D eigenvalue weighted by Crippen LogP contribution is -2.22. The molecule has 0 unspecified atom stereocenters. The Balaban J connectivity index is 2.07. The second-order valence-electron chi connectivity index (χ2n) is 5.21. The fraction of sp³-hybridized carbons (Fsp3) is 0.353. The van der Waals surface area contributed by atoms with Crippen LogP contribution >= 0.6 is 11.3 Å². The minimum Gasteiger partial charge on any atom is -0.490 e. The summed E-state index contributed by atoms with van der Waals surface area (Å²) in [5.74, 6) is -0.737. The van der Waals surface area contributed by atoms with E-state index in [-0.39, 0.29) is 11.7 Å². The van der Waals surface area contributed by atoms with E-state index in [0.717, 1.165) is 15.6 Å². The first-order chi connectivity index (χ1) is 11.9. The molecule has 134 valence electrons. The number of amides is 1. The molecule has 0 bridgehead atoms. The number of carboxylic acids is 1. The Kier molecular flexibility index (Phi) is 6.35. The number of carboxylic acid groups (broad SMARTS) is 1. The second-order valence-corrected chi connectivity index (χ2v) is 6.50. The van der Waals surface area contributed by atoms with Crippen LogP contribution in [0, 0.1) is 13.8 Å². The van der Waals surface area contributed by atoms with Gasteiger partial charge in [-0.25, -0.2) is 9.78 Å². The van der Waals surface area contributed by atoms with E-state index in [1.54, 1.807) is 24.3 Å². The molecule has 0 radical (unpaired) electrons. The van der Waals surface area contributed by atoms with Crippen LogP contribution in [0.5, 0.6) is 11.5 Å². The number of carbonyl (C=O) groups excluding carboxylic acids is 1. The highest BCUT2D eigenvalue weighted by atomic mass is 32.1. The molecule has 0 spiro atoms. The Bertz CT molecular complexity index is 753. The number of thiazole rings is 1. The topological polar surface area (TPSA) is 97.8 Å². The number of carbonyl (C=O) groups is 2. The van der Waals surface area contributed by atoms with Crippen LogP contribution in [-0.2, 0) is 11.3 Å². The fourth-order valence-electron chi connectivity index (χ4n) is 2.05. The summed E-state index contributed by atoms with van der Waals surface area (Å²) in [4.78, 5) is 28.5. The third-order valence-corrected chi connectivity index (χ3v) is 4.40. The number of nitrogens with zero attached hydrogens (tertiary/aromatic N) is 1. The summed E-state index contributed by atoms with van der Waals surface area (Å²) in [5.41, 5.74) is 1.36. The minimum atomic E-state index is -1.08. The van der Waals surface area contributed by atoms with Crippen LogP contribution in [0.25, 0.3) is 0 Å². The molecule has 0 aliphatic rings. The number of nitrogens with one attached hydrogen (secondary N) is 1. The van der Waals surface area contributed by atoms with Crippen molar-refractivity contribution < 1.29 is 24.2 Å². The van der Waals surface area contributed by atoms with Crippen LogP contribution in [0.2, 0.25) is 0 Å². The number of rotatable bonds is 8. The second kappa shape index (κ2) is 8.48. The van der Waals surface area contributed by atoms with Crippen LogP contribution < -0.4 is 14.8 Å². The number of aryl methyl sites for hydroxylation is 2. The van der Waals surface area contributed by atoms with Crippen molar-refractivity contribution in [3.63, 3.8) is 0 Å². The molecule has 1 amide bonds. The molecule has 0 aliphatic heterocycles. The zero-order chi connectivity index (χ0) is 18.4. The van der Waals surface area contributed by atoms with Gasteiger partial charge in [0.25, 0.3) is 5.91 Å². The summed E-state index contributed by atoms with van der Waals surface area (Å²) in [7, 11) is 0. The zero-order valence-corrected chi connectivity index (χ0v) is 15.1. The van der Waals surface area contributed by atoms with Crippen molar-refractivity contribution in [2.24, 2.45) is 0 Å². The molecule has 2 N–H and O–H groups in total. The lowest BCUT2D eigenvalue weighted by atomic mass is 10.2. The van der Waals surface area contributed by atoms with Crippen LogP contribution in [0.1, 0.15) is 32.9 Å². The van der Waals surface area contributed by atoms with Crippen molar-refractivity contribution in [3.05, 3.63) is 39.3 Å². The summed E-state index contributed by atoms with van der Waals surface area (Å²) in [5, 5.41) is 12.4. The standard InChI is InChI=1S/C17H20N2O5S/c1-4-23-14-7-12(5-6-13(14)24-9-16(20)21)17(22)18-8-15-19-10(2)11(3)25-15/h5-7H,4,8-9H2,1-3H3,(H,18,22)(H,20,21). The van der Waals surface area contributed by atoms with Crippen LogP contribution in [0.3, 0.4) is 0 Å². The first-order valence-corrected chi connectivity index (χ1v) is 8.55. The Morgan fingerprint density at radius 3 is 2.60 bits per heavy atom. The highest BCUT2D eigenvalue weighted by Crippen LogP contribution is 2.28. The number of ether oxygens (including phenoxy) is 2. The summed E-state index contributed by atoms with van der Waals surface area (Å²) < 4.78 is 10.6. The lowest BCUT2D eigenvalue weighted by molar-refractivity contribution is -0.139. The quantitative estimate of drug-likeness (QED) is 0.747. The maximum atomic E-state index is 12.3. The number of aliphatic carboxylic acids is 1. The highest BCUT2D eigenvalue weighted by Gasteiger charge is 2.13. The lowest BCUT2D eigenvalue weighted by Gasteiger charge is -2.12. The van der Waals surface area contributed by atoms with Gasteiger partial charge in [-0.3, -0.25) is 4.79 Å². The molecule has 0 aliphatic carbocycles. The van der Waals surface area contributed by atoms with Gasteiger partial charge >= 0.3 is 5.97 Å². The molecule has 8 heteroatoms. The van der Waals surface area contributed by atoms with Crippen LogP contribution in [-0.4, -0.2) is 35.2 Å². The number of hydrogen-bond acceptors (Lipinski definition) is 6. The first kappa shape index (κ1) is 18.7. The molecule has 0 saturated carbocycles. The molecule has 2 aromatic rings. The SMILES string of the molecule is CCOc1cc(C(=O)NCc2nc(C)c(C)s2)ccc1OCC(=O)O. The molecule has 0 saturated heterocycles. The Labute approximate surface area is 149 Å². The van der Waals surface area contributed by atoms with Gasteiger partial charge in [-0.2, -0.15) is 0 Å². The van der Waals surface area contributed by atoms with Crippen molar-refractivity contribution in [2.75, 3.05) is 13.2 Å². The summed E-state index contributed by atoms with van der Waals surface area (Å²) in [6.45, 7) is 5.95. The van der Waals surface area contributed by atoms with Gasteiger partial charge in [0.05, 0.1) is 18.8 Å². The van der Waals surface area contributed by atoms with Gasteiger partial charge in [-0.1, -0.05) is 0 Å². The smallest absolute Gasteiger partial charge is 0.341 e. The van der Waals surface area contributed by atoms with Crippen molar-refractivity contribution in [1.29, 1.82) is 0 Å². The maximum absolute atomic E-state index is 12.3. The van der Waals surface area contributed by atoms with Crippen molar-refractivity contribution in [2.45, 2.75) is 27.3 Å². The van der Waals surface area contributed by atoms with E-state index in [4.69, 9.17) is 14.6 Å². The van der Waals surface area contributed by atoms with E-state index in [1.807, 2.05) is 13.8 Å². The van der Waals surface area contributed by atoms with E-state index < -0.39 is 12.6 Å². The normalized spacial score (nSPS) is 10.4.